The van der Waals surface area contributed by atoms with Gasteiger partial charge in [-0.2, -0.15) is 0 Å². The van der Waals surface area contributed by atoms with E-state index in [2.05, 4.69) is 11.3 Å². The fourth-order valence-corrected chi connectivity index (χ4v) is 3.86. The van der Waals surface area contributed by atoms with E-state index in [-0.39, 0.29) is 18.4 Å². The molecular weight excluding hydrogens is 482 g/mol. The molecule has 4 rings (SSSR count). The zero-order valence-electron chi connectivity index (χ0n) is 18.8. The fraction of sp³-hybridized carbons (Fsp3) is 0.143. The molecule has 0 radical (unpaired) electrons. The van der Waals surface area contributed by atoms with Crippen molar-refractivity contribution in [2.24, 2.45) is 0 Å². The molecule has 0 aliphatic heterocycles. The summed E-state index contributed by atoms with van der Waals surface area (Å²) in [6, 6.07) is 17.6. The van der Waals surface area contributed by atoms with Crippen molar-refractivity contribution in [2.75, 3.05) is 6.61 Å². The Labute approximate surface area is 203 Å². The monoisotopic (exact) mass is 502 g/mol. The fourth-order valence-electron chi connectivity index (χ4n) is 3.86. The van der Waals surface area contributed by atoms with Gasteiger partial charge >= 0.3 is 6.36 Å². The van der Waals surface area contributed by atoms with Crippen LogP contribution < -0.4 is 9.47 Å². The van der Waals surface area contributed by atoms with E-state index in [9.17, 15) is 22.0 Å². The number of aryl methyl sites for hydroxylation is 2. The second-order valence-electron chi connectivity index (χ2n) is 8.04. The topological polar surface area (TPSA) is 18.5 Å². The summed E-state index contributed by atoms with van der Waals surface area (Å²) in [7, 11) is 0. The lowest BCUT2D eigenvalue weighted by Crippen LogP contribution is -2.19. The third-order valence-electron chi connectivity index (χ3n) is 5.55. The molecule has 186 valence electrons. The van der Waals surface area contributed by atoms with Gasteiger partial charge in [-0.15, -0.1) is 13.2 Å². The molecule has 0 N–H and O–H groups in total. The number of benzene rings is 4. The summed E-state index contributed by atoms with van der Waals surface area (Å²) in [4.78, 5) is 0. The first kappa shape index (κ1) is 25.2. The average Bonchev–Trinajstić information content (AvgIpc) is 2.84. The van der Waals surface area contributed by atoms with Crippen LogP contribution in [0.3, 0.4) is 0 Å². The average molecular weight is 502 g/mol. The number of halogens is 6. The van der Waals surface area contributed by atoms with E-state index >= 15 is 4.39 Å². The van der Waals surface area contributed by atoms with Crippen molar-refractivity contribution in [3.63, 3.8) is 0 Å². The molecule has 4 aromatic carbocycles. The molecule has 4 aromatic rings. The highest BCUT2D eigenvalue weighted by molar-refractivity contribution is 5.88. The Hall–Kier alpha value is -3.94. The van der Waals surface area contributed by atoms with Gasteiger partial charge in [0, 0.05) is 5.39 Å². The molecule has 0 heterocycles. The molecule has 0 saturated carbocycles. The van der Waals surface area contributed by atoms with Gasteiger partial charge in [0.1, 0.15) is 18.2 Å². The second kappa shape index (κ2) is 10.4. The molecule has 0 bridgehead atoms. The van der Waals surface area contributed by atoms with E-state index in [1.54, 1.807) is 30.3 Å². The Kier molecular flexibility index (Phi) is 7.24. The van der Waals surface area contributed by atoms with Crippen LogP contribution >= 0.6 is 0 Å². The van der Waals surface area contributed by atoms with E-state index in [0.717, 1.165) is 23.3 Å². The van der Waals surface area contributed by atoms with Crippen molar-refractivity contribution in [3.8, 4) is 22.6 Å². The molecule has 0 aliphatic carbocycles. The van der Waals surface area contributed by atoms with Crippen molar-refractivity contribution in [1.82, 2.24) is 0 Å². The second-order valence-corrected chi connectivity index (χ2v) is 8.04. The summed E-state index contributed by atoms with van der Waals surface area (Å²) in [5.41, 5.74) is 2.21. The summed E-state index contributed by atoms with van der Waals surface area (Å²) < 4.78 is 88.9. The number of hydrogen-bond donors (Lipinski definition) is 0. The molecule has 0 fully saturated rings. The highest BCUT2D eigenvalue weighted by atomic mass is 19.4. The highest BCUT2D eigenvalue weighted by Gasteiger charge is 2.34. The minimum Gasteiger partial charge on any atom is -0.490 e. The van der Waals surface area contributed by atoms with Crippen LogP contribution in [0, 0.1) is 17.5 Å². The van der Waals surface area contributed by atoms with Gasteiger partial charge in [0.25, 0.3) is 0 Å². The molecule has 8 heteroatoms. The standard InChI is InChI=1S/C28H20F6O2/c1-2-13-35-22-10-7-18(8-11-22)20-9-12-23-21(16-20)6-5-19(26(23)31)4-3-17-14-24(29)27(25(30)15-17)36-28(32,33)34/h2,5-12,14-16H,1,3-4,13H2. The first-order valence-corrected chi connectivity index (χ1v) is 10.9. The number of hydrogen-bond acceptors (Lipinski definition) is 2. The quantitative estimate of drug-likeness (QED) is 0.179. The number of fused-ring (bicyclic) bond motifs is 1. The maximum atomic E-state index is 15.2. The lowest BCUT2D eigenvalue weighted by Gasteiger charge is -2.12. The van der Waals surface area contributed by atoms with E-state index in [4.69, 9.17) is 4.74 Å². The summed E-state index contributed by atoms with van der Waals surface area (Å²) in [6.45, 7) is 4.01. The predicted octanol–water partition coefficient (Wildman–Crippen LogP) is 8.17. The Morgan fingerprint density at radius 3 is 2.08 bits per heavy atom. The van der Waals surface area contributed by atoms with Crippen LogP contribution in [0.15, 0.2) is 79.4 Å². The number of rotatable bonds is 8. The lowest BCUT2D eigenvalue weighted by molar-refractivity contribution is -0.276. The summed E-state index contributed by atoms with van der Waals surface area (Å²) in [5, 5.41) is 1.06. The molecule has 0 amide bonds. The van der Waals surface area contributed by atoms with E-state index in [1.807, 2.05) is 30.3 Å². The van der Waals surface area contributed by atoms with E-state index in [0.29, 0.717) is 28.7 Å². The molecular formula is C28H20F6O2. The van der Waals surface area contributed by atoms with Crippen molar-refractivity contribution in [1.29, 1.82) is 0 Å². The third kappa shape index (κ3) is 5.82. The van der Waals surface area contributed by atoms with Gasteiger partial charge in [-0.05, 0) is 70.8 Å². The number of ether oxygens (including phenoxy) is 2. The van der Waals surface area contributed by atoms with Gasteiger partial charge in [0.05, 0.1) is 0 Å². The molecule has 0 atom stereocenters. The van der Waals surface area contributed by atoms with Crippen molar-refractivity contribution < 1.29 is 35.8 Å². The minimum atomic E-state index is -5.22. The Balaban J connectivity index is 1.51. The third-order valence-corrected chi connectivity index (χ3v) is 5.55. The maximum Gasteiger partial charge on any atom is 0.573 e. The van der Waals surface area contributed by atoms with Crippen LogP contribution in [-0.2, 0) is 12.8 Å². The van der Waals surface area contributed by atoms with E-state index < -0.39 is 29.6 Å². The van der Waals surface area contributed by atoms with Crippen LogP contribution in [0.2, 0.25) is 0 Å². The zero-order valence-corrected chi connectivity index (χ0v) is 18.8. The van der Waals surface area contributed by atoms with Crippen molar-refractivity contribution >= 4 is 10.8 Å². The Morgan fingerprint density at radius 1 is 0.778 bits per heavy atom. The molecule has 0 saturated heterocycles. The van der Waals surface area contributed by atoms with Crippen LogP contribution in [0.4, 0.5) is 26.3 Å². The van der Waals surface area contributed by atoms with Gasteiger partial charge in [0.2, 0.25) is 5.75 Å². The smallest absolute Gasteiger partial charge is 0.490 e. The van der Waals surface area contributed by atoms with Gasteiger partial charge in [0.15, 0.2) is 11.6 Å². The summed E-state index contributed by atoms with van der Waals surface area (Å²) in [6.07, 6.45) is -3.46. The molecule has 0 aromatic heterocycles. The molecule has 0 aliphatic rings. The Bertz CT molecular complexity index is 1370. The van der Waals surface area contributed by atoms with Crippen molar-refractivity contribution in [2.45, 2.75) is 19.2 Å². The lowest BCUT2D eigenvalue weighted by atomic mass is 9.97. The van der Waals surface area contributed by atoms with Gasteiger partial charge in [-0.1, -0.05) is 49.1 Å². The van der Waals surface area contributed by atoms with Gasteiger partial charge < -0.3 is 9.47 Å². The SMILES string of the molecule is C=CCOc1ccc(-c2ccc3c(F)c(CCc4cc(F)c(OC(F)(F)F)c(F)c4)ccc3c2)cc1. The minimum absolute atomic E-state index is 0.0148. The van der Waals surface area contributed by atoms with Crippen LogP contribution in [0.5, 0.6) is 11.5 Å². The highest BCUT2D eigenvalue weighted by Crippen LogP contribution is 2.31. The molecule has 0 unspecified atom stereocenters. The first-order chi connectivity index (χ1) is 17.1. The normalized spacial score (nSPS) is 11.5. The van der Waals surface area contributed by atoms with Gasteiger partial charge in [-0.3, -0.25) is 0 Å². The largest absolute Gasteiger partial charge is 0.573 e. The van der Waals surface area contributed by atoms with Crippen molar-refractivity contribution in [3.05, 3.63) is 108 Å². The van der Waals surface area contributed by atoms with Gasteiger partial charge in [-0.25, -0.2) is 13.2 Å². The zero-order chi connectivity index (χ0) is 25.9. The van der Waals surface area contributed by atoms with Crippen LogP contribution in [-0.4, -0.2) is 13.0 Å². The summed E-state index contributed by atoms with van der Waals surface area (Å²) >= 11 is 0. The van der Waals surface area contributed by atoms with E-state index in [1.165, 1.54) is 0 Å². The maximum absolute atomic E-state index is 15.2. The van der Waals surface area contributed by atoms with Crippen LogP contribution in [0.1, 0.15) is 11.1 Å². The molecule has 2 nitrogen and oxygen atoms in total. The predicted molar refractivity (Wildman–Crippen MR) is 125 cm³/mol. The van der Waals surface area contributed by atoms with Crippen LogP contribution in [0.25, 0.3) is 21.9 Å². The number of alkyl halides is 3. The Morgan fingerprint density at radius 2 is 1.44 bits per heavy atom. The first-order valence-electron chi connectivity index (χ1n) is 10.9. The molecule has 0 spiro atoms. The molecule has 36 heavy (non-hydrogen) atoms. The summed E-state index contributed by atoms with van der Waals surface area (Å²) in [5.74, 6) is -4.23.